The smallest absolute Gasteiger partial charge is 0.199 e. The molecule has 0 saturated carbocycles. The molecule has 546 valence electrons. The number of nitrogens with zero attached hydrogens (tertiary/aromatic N) is 7. The normalized spacial score (nSPS) is 14.2. The standard InChI is InChI=1S/C23H27N3O.C23H25N3O.C23H26N2O.C22H25N3O/c2*1-22(2,3)16-12-11-14-18-17(20(23(4,5)6)26-21(14)25-16)19(27)13-9-7-8-10-15(13)24-18;1-22(2,3)14-11-12-15-17(13-14)25-21(23(4,5)6)20-19(15)24-16-9-7-8-10-18(16)26-20;1-21(2,3)16-12-11-13-17-18(19(22(4,5)6)25-20(13)24-16)26-15-10-8-7-9-14(15)23-17/h7-12,19,24,27H,1-6H3;7-12H,1-6H3,(H,25,26);7-13,24H,1-6H3;7-12,23H,1-6H3. The molecular formula is C91H103N11O4. The number of aromatic nitrogens is 8. The molecule has 5 aromatic carbocycles. The Morgan fingerprint density at radius 2 is 0.830 bits per heavy atom. The molecule has 11 heterocycles. The Balaban J connectivity index is 0.000000125. The summed E-state index contributed by atoms with van der Waals surface area (Å²) in [7, 11) is 0. The summed E-state index contributed by atoms with van der Waals surface area (Å²) in [5, 5.41) is 27.1. The van der Waals surface area contributed by atoms with Gasteiger partial charge in [-0.05, 0) is 95.9 Å². The van der Waals surface area contributed by atoms with E-state index < -0.39 is 6.10 Å². The molecule has 15 nitrogen and oxygen atoms in total. The van der Waals surface area contributed by atoms with Crippen molar-refractivity contribution in [3.05, 3.63) is 218 Å². The van der Waals surface area contributed by atoms with E-state index in [2.05, 4.69) is 236 Å². The summed E-state index contributed by atoms with van der Waals surface area (Å²) in [6, 6.07) is 50.5. The van der Waals surface area contributed by atoms with Crippen LogP contribution in [0.4, 0.5) is 34.1 Å². The molecule has 13 aromatic rings. The highest BCUT2D eigenvalue weighted by molar-refractivity contribution is 6.07. The molecule has 0 bridgehead atoms. The number of fused-ring (bicyclic) bond motifs is 16. The Kier molecular flexibility index (Phi) is 18.3. The van der Waals surface area contributed by atoms with Crippen LogP contribution >= 0.6 is 0 Å². The van der Waals surface area contributed by atoms with E-state index >= 15 is 0 Å². The molecule has 3 aliphatic rings. The van der Waals surface area contributed by atoms with Crippen molar-refractivity contribution in [3.8, 4) is 23.0 Å². The second-order valence-electron chi connectivity index (χ2n) is 36.8. The Hall–Kier alpha value is -10.4. The third-order valence-corrected chi connectivity index (χ3v) is 19.7. The Morgan fingerprint density at radius 1 is 0.368 bits per heavy atom. The molecule has 5 N–H and O–H groups in total. The van der Waals surface area contributed by atoms with Crippen LogP contribution in [-0.2, 0) is 43.3 Å². The van der Waals surface area contributed by atoms with Gasteiger partial charge in [-0.3, -0.25) is 4.79 Å². The number of hydrogen-bond acceptors (Lipinski definition) is 14. The number of ether oxygens (including phenoxy) is 2. The number of anilines is 6. The fourth-order valence-electron chi connectivity index (χ4n) is 13.7. The predicted octanol–water partition coefficient (Wildman–Crippen LogP) is 23.3. The first-order chi connectivity index (χ1) is 49.4. The van der Waals surface area contributed by atoms with Crippen LogP contribution < -0.4 is 30.9 Å². The van der Waals surface area contributed by atoms with Gasteiger partial charge >= 0.3 is 0 Å². The lowest BCUT2D eigenvalue weighted by Crippen LogP contribution is -2.24. The molecule has 15 heteroatoms. The zero-order valence-electron chi connectivity index (χ0n) is 66.3. The number of aromatic amines is 1. The van der Waals surface area contributed by atoms with Gasteiger partial charge in [0, 0.05) is 98.7 Å². The van der Waals surface area contributed by atoms with Crippen molar-refractivity contribution in [2.75, 3.05) is 16.0 Å². The average Bonchev–Trinajstić information content (AvgIpc) is 0.749. The van der Waals surface area contributed by atoms with Crippen molar-refractivity contribution in [1.82, 2.24) is 39.9 Å². The van der Waals surface area contributed by atoms with E-state index in [1.54, 1.807) is 0 Å². The maximum absolute atomic E-state index is 13.3. The van der Waals surface area contributed by atoms with Gasteiger partial charge in [-0.1, -0.05) is 233 Å². The number of H-pyrrole nitrogens is 1. The van der Waals surface area contributed by atoms with E-state index in [1.165, 1.54) is 5.56 Å². The topological polar surface area (TPSA) is 198 Å². The van der Waals surface area contributed by atoms with Gasteiger partial charge < -0.3 is 35.5 Å². The van der Waals surface area contributed by atoms with Crippen molar-refractivity contribution in [1.29, 1.82) is 0 Å². The predicted molar refractivity (Wildman–Crippen MR) is 439 cm³/mol. The van der Waals surface area contributed by atoms with Gasteiger partial charge in [-0.15, -0.1) is 0 Å². The summed E-state index contributed by atoms with van der Waals surface area (Å²) in [6.45, 7) is 51.8. The summed E-state index contributed by atoms with van der Waals surface area (Å²) in [6.07, 6.45) is -0.703. The lowest BCUT2D eigenvalue weighted by atomic mass is 9.82. The number of rotatable bonds is 0. The number of pyridine rings is 8. The van der Waals surface area contributed by atoms with Crippen LogP contribution in [0.25, 0.3) is 65.8 Å². The molecule has 16 rings (SSSR count). The van der Waals surface area contributed by atoms with Gasteiger partial charge in [0.25, 0.3) is 0 Å². The summed E-state index contributed by atoms with van der Waals surface area (Å²) < 4.78 is 12.6. The monoisotopic (exact) mass is 1410 g/mol. The Labute approximate surface area is 623 Å². The summed E-state index contributed by atoms with van der Waals surface area (Å²) in [5.74, 6) is 3.31. The fraction of sp³-hybridized carbons (Fsp3) is 0.363. The highest BCUT2D eigenvalue weighted by Gasteiger charge is 2.36. The second kappa shape index (κ2) is 26.3. The third-order valence-electron chi connectivity index (χ3n) is 19.7. The van der Waals surface area contributed by atoms with Gasteiger partial charge in [-0.25, -0.2) is 34.9 Å². The van der Waals surface area contributed by atoms with Crippen LogP contribution in [0.5, 0.6) is 23.0 Å². The van der Waals surface area contributed by atoms with E-state index in [0.29, 0.717) is 10.8 Å². The Bertz CT molecular complexity index is 5550. The van der Waals surface area contributed by atoms with Crippen LogP contribution in [0.2, 0.25) is 0 Å². The highest BCUT2D eigenvalue weighted by atomic mass is 16.5. The minimum absolute atomic E-state index is 0.00910. The maximum Gasteiger partial charge on any atom is 0.199 e. The SMILES string of the molecule is CC(C)(C)c1ccc2c(nc(C(C)(C)C)c3c(=O)c4ccccc4nc32)[nH]1.CC(C)(C)c1ccc2c3c(c(C(C)(C)C)nc2c1)Oc1ccccc1N3.CC(C)(C)c1ccc2c3c(c(C(C)(C)C)nc2n1)C(O)c1ccccc1N3.CC(C)(C)c1ccc2c3c(c(C(C)(C)C)nc2n1)Oc1ccccc1N3. The fourth-order valence-corrected chi connectivity index (χ4v) is 13.7. The van der Waals surface area contributed by atoms with Crippen LogP contribution in [0.15, 0.2) is 156 Å². The van der Waals surface area contributed by atoms with E-state index in [9.17, 15) is 9.90 Å². The molecule has 0 aliphatic carbocycles. The molecule has 8 aromatic heterocycles. The molecule has 0 radical (unpaired) electrons. The van der Waals surface area contributed by atoms with Crippen molar-refractivity contribution >= 4 is 99.9 Å². The molecule has 0 fully saturated rings. The first-order valence-corrected chi connectivity index (χ1v) is 37.0. The average molecular weight is 1410 g/mol. The number of benzene rings is 5. The minimum atomic E-state index is -0.703. The summed E-state index contributed by atoms with van der Waals surface area (Å²) in [4.78, 5) is 51.3. The molecule has 0 spiro atoms. The molecule has 3 aliphatic heterocycles. The molecule has 1 atom stereocenters. The van der Waals surface area contributed by atoms with Crippen LogP contribution in [0.3, 0.4) is 0 Å². The lowest BCUT2D eigenvalue weighted by molar-refractivity contribution is 0.217. The molecule has 106 heavy (non-hydrogen) atoms. The van der Waals surface area contributed by atoms with Gasteiger partial charge in [0.1, 0.15) is 11.8 Å². The van der Waals surface area contributed by atoms with Gasteiger partial charge in [0.15, 0.2) is 39.7 Å². The summed E-state index contributed by atoms with van der Waals surface area (Å²) in [5.41, 5.74) is 19.5. The van der Waals surface area contributed by atoms with E-state index in [0.717, 1.165) is 163 Å². The zero-order chi connectivity index (χ0) is 76.5. The minimum Gasteiger partial charge on any atom is -0.451 e. The van der Waals surface area contributed by atoms with Crippen molar-refractivity contribution in [2.24, 2.45) is 0 Å². The quantitative estimate of drug-likeness (QED) is 0.0710. The van der Waals surface area contributed by atoms with Crippen molar-refractivity contribution in [3.63, 3.8) is 0 Å². The van der Waals surface area contributed by atoms with Crippen molar-refractivity contribution in [2.45, 2.75) is 216 Å². The van der Waals surface area contributed by atoms with E-state index in [-0.39, 0.29) is 48.7 Å². The second-order valence-corrected chi connectivity index (χ2v) is 36.8. The van der Waals surface area contributed by atoms with Crippen LogP contribution in [0, 0.1) is 0 Å². The van der Waals surface area contributed by atoms with Crippen LogP contribution in [-0.4, -0.2) is 45.0 Å². The number of hydrogen-bond donors (Lipinski definition) is 5. The lowest BCUT2D eigenvalue weighted by Gasteiger charge is -2.32. The highest BCUT2D eigenvalue weighted by Crippen LogP contribution is 2.52. The van der Waals surface area contributed by atoms with E-state index in [4.69, 9.17) is 44.4 Å². The number of aliphatic hydroxyl groups excluding tert-OH is 1. The van der Waals surface area contributed by atoms with Gasteiger partial charge in [-0.2, -0.15) is 0 Å². The largest absolute Gasteiger partial charge is 0.451 e. The van der Waals surface area contributed by atoms with Crippen LogP contribution in [0.1, 0.15) is 229 Å². The van der Waals surface area contributed by atoms with Gasteiger partial charge in [0.05, 0.1) is 73.1 Å². The number of aliphatic hydroxyl groups is 1. The first kappa shape index (κ1) is 73.9. The molecule has 0 saturated heterocycles. The molecular weight excluding hydrogens is 1310 g/mol. The number of para-hydroxylation sites is 6. The number of nitrogens with one attached hydrogen (secondary N) is 4. The molecule has 0 amide bonds. The molecule has 1 unspecified atom stereocenters. The summed E-state index contributed by atoms with van der Waals surface area (Å²) >= 11 is 0. The zero-order valence-corrected chi connectivity index (χ0v) is 66.3. The van der Waals surface area contributed by atoms with Gasteiger partial charge in [0.2, 0.25) is 0 Å². The third kappa shape index (κ3) is 14.2. The first-order valence-electron chi connectivity index (χ1n) is 37.0. The van der Waals surface area contributed by atoms with E-state index in [1.807, 2.05) is 103 Å². The maximum atomic E-state index is 13.3. The Morgan fingerprint density at radius 3 is 1.37 bits per heavy atom. The van der Waals surface area contributed by atoms with Crippen molar-refractivity contribution < 1.29 is 14.6 Å².